The Morgan fingerprint density at radius 2 is 2.11 bits per heavy atom. The molecule has 0 unspecified atom stereocenters. The summed E-state index contributed by atoms with van der Waals surface area (Å²) in [4.78, 5) is 10.7. The van der Waals surface area contributed by atoms with Crippen LogP contribution in [0.5, 0.6) is 0 Å². The lowest BCUT2D eigenvalue weighted by molar-refractivity contribution is 0.0686. The van der Waals surface area contributed by atoms with Gasteiger partial charge in [0.1, 0.15) is 0 Å². The predicted octanol–water partition coefficient (Wildman–Crippen LogP) is 2.02. The van der Waals surface area contributed by atoms with Gasteiger partial charge in [0.2, 0.25) is 0 Å². The van der Waals surface area contributed by atoms with E-state index in [1.54, 1.807) is 12.1 Å². The molecule has 0 bridgehead atoms. The molecule has 2 N–H and O–H groups in total. The first-order chi connectivity index (χ1) is 8.58. The van der Waals surface area contributed by atoms with Gasteiger partial charge in [-0.05, 0) is 24.5 Å². The summed E-state index contributed by atoms with van der Waals surface area (Å²) in [6.07, 6.45) is 1.51. The summed E-state index contributed by atoms with van der Waals surface area (Å²) >= 11 is 0. The number of nitrogens with zero attached hydrogens (tertiary/aromatic N) is 1. The van der Waals surface area contributed by atoms with Crippen molar-refractivity contribution in [2.75, 3.05) is 0 Å². The van der Waals surface area contributed by atoms with Gasteiger partial charge in [0.15, 0.2) is 11.5 Å². The molecule has 0 aliphatic heterocycles. The number of carboxylic acid groups (broad SMARTS) is 1. The van der Waals surface area contributed by atoms with Gasteiger partial charge in [-0.25, -0.2) is 4.79 Å². The van der Waals surface area contributed by atoms with E-state index in [0.717, 1.165) is 18.4 Å². The highest BCUT2D eigenvalue weighted by molar-refractivity contribution is 5.86. The zero-order valence-corrected chi connectivity index (χ0v) is 9.46. The molecule has 3 rings (SSSR count). The number of carbonyl (C=O) groups is 1. The second kappa shape index (κ2) is 3.68. The van der Waals surface area contributed by atoms with Crippen LogP contribution in [-0.2, 0) is 5.60 Å². The average Bonchev–Trinajstić information content (AvgIpc) is 2.95. The largest absolute Gasteiger partial charge is 0.476 e. The molecule has 0 spiro atoms. The van der Waals surface area contributed by atoms with Crippen LogP contribution >= 0.6 is 0 Å². The van der Waals surface area contributed by atoms with Crippen molar-refractivity contribution in [1.29, 1.82) is 0 Å². The summed E-state index contributed by atoms with van der Waals surface area (Å²) in [7, 11) is 0. The lowest BCUT2D eigenvalue weighted by atomic mass is 10.0. The maximum Gasteiger partial charge on any atom is 0.358 e. The normalized spacial score (nSPS) is 16.5. The van der Waals surface area contributed by atoms with Crippen LogP contribution in [0.3, 0.4) is 0 Å². The monoisotopic (exact) mass is 245 g/mol. The Morgan fingerprint density at radius 3 is 2.72 bits per heavy atom. The van der Waals surface area contributed by atoms with Crippen molar-refractivity contribution >= 4 is 5.97 Å². The third-order valence-electron chi connectivity index (χ3n) is 3.14. The number of rotatable bonds is 3. The number of carboxylic acids is 1. The molecule has 1 aromatic carbocycles. The summed E-state index contributed by atoms with van der Waals surface area (Å²) in [6, 6.07) is 8.63. The van der Waals surface area contributed by atoms with E-state index < -0.39 is 11.6 Å². The highest BCUT2D eigenvalue weighted by Gasteiger charge is 2.42. The second-order valence-corrected chi connectivity index (χ2v) is 4.49. The molecule has 1 saturated carbocycles. The van der Waals surface area contributed by atoms with Crippen molar-refractivity contribution in [1.82, 2.24) is 5.16 Å². The van der Waals surface area contributed by atoms with Gasteiger partial charge >= 0.3 is 5.97 Å². The highest BCUT2D eigenvalue weighted by atomic mass is 16.5. The van der Waals surface area contributed by atoms with E-state index in [9.17, 15) is 9.90 Å². The van der Waals surface area contributed by atoms with Crippen LogP contribution in [0, 0.1) is 0 Å². The molecule has 2 aromatic rings. The van der Waals surface area contributed by atoms with Crippen LogP contribution in [0.1, 0.15) is 28.9 Å². The van der Waals surface area contributed by atoms with Crippen molar-refractivity contribution in [3.63, 3.8) is 0 Å². The van der Waals surface area contributed by atoms with Crippen molar-refractivity contribution in [2.45, 2.75) is 18.4 Å². The minimum Gasteiger partial charge on any atom is -0.476 e. The van der Waals surface area contributed by atoms with Gasteiger partial charge in [-0.1, -0.05) is 23.4 Å². The maximum absolute atomic E-state index is 10.7. The average molecular weight is 245 g/mol. The smallest absolute Gasteiger partial charge is 0.358 e. The Bertz CT molecular complexity index is 613. The van der Waals surface area contributed by atoms with E-state index in [1.165, 1.54) is 6.07 Å². The molecule has 18 heavy (non-hydrogen) atoms. The Kier molecular flexibility index (Phi) is 2.24. The zero-order valence-electron chi connectivity index (χ0n) is 9.46. The molecule has 5 heteroatoms. The summed E-state index contributed by atoms with van der Waals surface area (Å²) in [5, 5.41) is 22.3. The van der Waals surface area contributed by atoms with E-state index in [1.807, 2.05) is 12.1 Å². The second-order valence-electron chi connectivity index (χ2n) is 4.49. The first-order valence-electron chi connectivity index (χ1n) is 5.62. The van der Waals surface area contributed by atoms with Gasteiger partial charge in [0.25, 0.3) is 0 Å². The topological polar surface area (TPSA) is 83.6 Å². The molecular formula is C13H11NO4. The number of benzene rings is 1. The lowest BCUT2D eigenvalue weighted by Gasteiger charge is -2.08. The Balaban J connectivity index is 1.98. The minimum atomic E-state index is -1.12. The zero-order chi connectivity index (χ0) is 12.8. The molecule has 0 saturated heterocycles. The van der Waals surface area contributed by atoms with Crippen LogP contribution in [0.15, 0.2) is 34.9 Å². The van der Waals surface area contributed by atoms with E-state index in [2.05, 4.69) is 5.16 Å². The Hall–Kier alpha value is -2.14. The maximum atomic E-state index is 10.7. The summed E-state index contributed by atoms with van der Waals surface area (Å²) in [5.74, 6) is -0.736. The number of hydrogen-bond donors (Lipinski definition) is 2. The molecular weight excluding hydrogens is 234 g/mol. The Morgan fingerprint density at radius 1 is 1.33 bits per heavy atom. The van der Waals surface area contributed by atoms with E-state index in [4.69, 9.17) is 9.63 Å². The van der Waals surface area contributed by atoms with Crippen LogP contribution in [0.2, 0.25) is 0 Å². The van der Waals surface area contributed by atoms with Gasteiger partial charge in [-0.2, -0.15) is 0 Å². The van der Waals surface area contributed by atoms with Crippen LogP contribution in [0.4, 0.5) is 0 Å². The molecule has 1 heterocycles. The standard InChI is InChI=1S/C13H11NO4/c15-12(16)10-7-11(18-14-10)8-2-1-3-9(6-8)13(17)4-5-13/h1-3,6-7,17H,4-5H2,(H,15,16). The van der Waals surface area contributed by atoms with Crippen LogP contribution in [0.25, 0.3) is 11.3 Å². The van der Waals surface area contributed by atoms with Crippen molar-refractivity contribution in [3.05, 3.63) is 41.6 Å². The Labute approximate surface area is 103 Å². The fourth-order valence-corrected chi connectivity index (χ4v) is 1.88. The molecule has 0 amide bonds. The van der Waals surface area contributed by atoms with Crippen molar-refractivity contribution in [2.24, 2.45) is 0 Å². The van der Waals surface area contributed by atoms with Gasteiger partial charge in [-0.3, -0.25) is 0 Å². The molecule has 0 radical (unpaired) electrons. The SMILES string of the molecule is O=C(O)c1cc(-c2cccc(C3(O)CC3)c2)on1. The van der Waals surface area contributed by atoms with Gasteiger partial charge < -0.3 is 14.7 Å². The lowest BCUT2D eigenvalue weighted by Crippen LogP contribution is -2.03. The van der Waals surface area contributed by atoms with Crippen molar-refractivity contribution < 1.29 is 19.5 Å². The summed E-state index contributed by atoms with van der Waals surface area (Å²) < 4.78 is 4.99. The van der Waals surface area contributed by atoms with Gasteiger partial charge in [0.05, 0.1) is 5.60 Å². The molecule has 1 aromatic heterocycles. The van der Waals surface area contributed by atoms with Crippen LogP contribution in [-0.4, -0.2) is 21.3 Å². The first kappa shape index (κ1) is 11.0. The fourth-order valence-electron chi connectivity index (χ4n) is 1.88. The van der Waals surface area contributed by atoms with Crippen molar-refractivity contribution in [3.8, 4) is 11.3 Å². The third kappa shape index (κ3) is 1.78. The minimum absolute atomic E-state index is 0.125. The van der Waals surface area contributed by atoms with Crippen LogP contribution < -0.4 is 0 Å². The summed E-state index contributed by atoms with van der Waals surface area (Å²) in [5.41, 5.74) is 0.702. The third-order valence-corrected chi connectivity index (χ3v) is 3.14. The molecule has 0 atom stereocenters. The van der Waals surface area contributed by atoms with Gasteiger partial charge in [0, 0.05) is 11.6 Å². The van der Waals surface area contributed by atoms with E-state index in [-0.39, 0.29) is 5.69 Å². The fraction of sp³-hybridized carbons (Fsp3) is 0.231. The molecule has 1 fully saturated rings. The quantitative estimate of drug-likeness (QED) is 0.864. The number of hydrogen-bond acceptors (Lipinski definition) is 4. The van der Waals surface area contributed by atoms with Gasteiger partial charge in [-0.15, -0.1) is 0 Å². The van der Waals surface area contributed by atoms with E-state index in [0.29, 0.717) is 11.3 Å². The number of aromatic nitrogens is 1. The molecule has 1 aliphatic rings. The molecule has 92 valence electrons. The predicted molar refractivity (Wildman–Crippen MR) is 62.0 cm³/mol. The number of aromatic carboxylic acids is 1. The molecule has 5 nitrogen and oxygen atoms in total. The van der Waals surface area contributed by atoms with E-state index >= 15 is 0 Å². The molecule has 1 aliphatic carbocycles. The number of aliphatic hydroxyl groups is 1. The summed E-state index contributed by atoms with van der Waals surface area (Å²) in [6.45, 7) is 0. The first-order valence-corrected chi connectivity index (χ1v) is 5.62. The highest BCUT2D eigenvalue weighted by Crippen LogP contribution is 2.45.